The topological polar surface area (TPSA) is 49.0 Å². The van der Waals surface area contributed by atoms with Gasteiger partial charge in [0.2, 0.25) is 6.41 Å². The van der Waals surface area contributed by atoms with Crippen LogP contribution in [0.2, 0.25) is 5.02 Å². The van der Waals surface area contributed by atoms with Gasteiger partial charge in [-0.05, 0) is 54.4 Å². The molecule has 0 fully saturated rings. The summed E-state index contributed by atoms with van der Waals surface area (Å²) in [7, 11) is 0. The number of H-pyrrole nitrogens is 1. The number of fused-ring (bicyclic) bond motifs is 1. The predicted molar refractivity (Wildman–Crippen MR) is 110 cm³/mol. The first-order chi connectivity index (χ1) is 13.3. The molecule has 0 atom stereocenters. The van der Waals surface area contributed by atoms with Crippen molar-refractivity contribution in [3.8, 4) is 11.4 Å². The molecule has 2 heterocycles. The van der Waals surface area contributed by atoms with Crippen LogP contribution in [0.5, 0.6) is 0 Å². The normalized spacial score (nSPS) is 10.9. The van der Waals surface area contributed by atoms with Gasteiger partial charge >= 0.3 is 0 Å². The molecule has 134 valence electrons. The van der Waals surface area contributed by atoms with E-state index in [-0.39, 0.29) is 0 Å². The molecular weight excluding hydrogens is 358 g/mol. The van der Waals surface area contributed by atoms with Gasteiger partial charge in [-0.25, -0.2) is 0 Å². The number of para-hydroxylation sites is 1. The lowest BCUT2D eigenvalue weighted by Gasteiger charge is -2.18. The highest BCUT2D eigenvalue weighted by molar-refractivity contribution is 6.30. The molecule has 0 aliphatic heterocycles. The van der Waals surface area contributed by atoms with Crippen LogP contribution in [-0.4, -0.2) is 22.9 Å². The lowest BCUT2D eigenvalue weighted by atomic mass is 10.0. The Balaban J connectivity index is 1.68. The zero-order chi connectivity index (χ0) is 18.6. The number of nitrogens with one attached hydrogen (secondary N) is 1. The highest BCUT2D eigenvalue weighted by atomic mass is 35.5. The third kappa shape index (κ3) is 3.57. The second-order valence-electron chi connectivity index (χ2n) is 6.26. The summed E-state index contributed by atoms with van der Waals surface area (Å²) in [4.78, 5) is 21.3. The molecule has 2 aromatic carbocycles. The second-order valence-corrected chi connectivity index (χ2v) is 6.70. The standard InChI is InChI=1S/C22H18ClN3O/c23-16-8-10-17(11-9-16)26(15-27)14-12-19-18-5-1-2-6-20(18)25-22(19)21-7-3-4-13-24-21/h1-11,13,15,25H,12,14H2. The van der Waals surface area contributed by atoms with E-state index in [2.05, 4.69) is 22.1 Å². The fourth-order valence-electron chi connectivity index (χ4n) is 3.30. The minimum atomic E-state index is 0.562. The van der Waals surface area contributed by atoms with E-state index in [9.17, 15) is 4.79 Å². The molecule has 4 aromatic rings. The van der Waals surface area contributed by atoms with E-state index in [1.807, 2.05) is 42.5 Å². The summed E-state index contributed by atoms with van der Waals surface area (Å²) in [6.07, 6.45) is 3.35. The van der Waals surface area contributed by atoms with Crippen LogP contribution in [0, 0.1) is 0 Å². The van der Waals surface area contributed by atoms with Crippen molar-refractivity contribution in [2.75, 3.05) is 11.4 Å². The molecule has 1 amide bonds. The van der Waals surface area contributed by atoms with Gasteiger partial charge in [0.25, 0.3) is 0 Å². The smallest absolute Gasteiger partial charge is 0.214 e. The maximum absolute atomic E-state index is 11.6. The first kappa shape index (κ1) is 17.3. The Kier molecular flexibility index (Phi) is 4.90. The van der Waals surface area contributed by atoms with Crippen LogP contribution >= 0.6 is 11.6 Å². The van der Waals surface area contributed by atoms with Crippen LogP contribution in [0.3, 0.4) is 0 Å². The van der Waals surface area contributed by atoms with Gasteiger partial charge in [-0.2, -0.15) is 0 Å². The number of hydrogen-bond donors (Lipinski definition) is 1. The van der Waals surface area contributed by atoms with Crippen molar-refractivity contribution in [2.24, 2.45) is 0 Å². The van der Waals surface area contributed by atoms with Crippen LogP contribution in [0.4, 0.5) is 5.69 Å². The van der Waals surface area contributed by atoms with E-state index in [0.717, 1.165) is 40.0 Å². The van der Waals surface area contributed by atoms with Crippen LogP contribution in [-0.2, 0) is 11.2 Å². The summed E-state index contributed by atoms with van der Waals surface area (Å²) >= 11 is 5.95. The summed E-state index contributed by atoms with van der Waals surface area (Å²) in [6.45, 7) is 0.562. The van der Waals surface area contributed by atoms with Gasteiger partial charge in [0.05, 0.1) is 11.4 Å². The summed E-state index contributed by atoms with van der Waals surface area (Å²) in [6, 6.07) is 21.3. The average Bonchev–Trinajstić information content (AvgIpc) is 3.09. The fourth-order valence-corrected chi connectivity index (χ4v) is 3.42. The van der Waals surface area contributed by atoms with Crippen LogP contribution in [0.1, 0.15) is 5.56 Å². The number of nitrogens with zero attached hydrogens (tertiary/aromatic N) is 2. The number of benzene rings is 2. The third-order valence-electron chi connectivity index (χ3n) is 4.62. The lowest BCUT2D eigenvalue weighted by Crippen LogP contribution is -2.23. The molecule has 0 aliphatic rings. The largest absolute Gasteiger partial charge is 0.353 e. The van der Waals surface area contributed by atoms with E-state index < -0.39 is 0 Å². The zero-order valence-corrected chi connectivity index (χ0v) is 15.4. The van der Waals surface area contributed by atoms with Gasteiger partial charge in [0.1, 0.15) is 0 Å². The number of hydrogen-bond acceptors (Lipinski definition) is 2. The van der Waals surface area contributed by atoms with Gasteiger partial charge in [0, 0.05) is 34.4 Å². The Hall–Kier alpha value is -3.11. The Morgan fingerprint density at radius 1 is 1.00 bits per heavy atom. The number of carbonyl (C=O) groups excluding carboxylic acids is 1. The van der Waals surface area contributed by atoms with Gasteiger partial charge in [-0.1, -0.05) is 35.9 Å². The molecule has 0 saturated carbocycles. The van der Waals surface area contributed by atoms with Gasteiger partial charge in [0.15, 0.2) is 0 Å². The van der Waals surface area contributed by atoms with Crippen LogP contribution in [0.25, 0.3) is 22.3 Å². The molecule has 5 heteroatoms. The van der Waals surface area contributed by atoms with Gasteiger partial charge < -0.3 is 9.88 Å². The third-order valence-corrected chi connectivity index (χ3v) is 4.87. The van der Waals surface area contributed by atoms with Crippen molar-refractivity contribution in [3.63, 3.8) is 0 Å². The summed E-state index contributed by atoms with van der Waals surface area (Å²) in [5.41, 5.74) is 4.95. The Morgan fingerprint density at radius 2 is 1.78 bits per heavy atom. The van der Waals surface area contributed by atoms with Crippen molar-refractivity contribution in [2.45, 2.75) is 6.42 Å². The quantitative estimate of drug-likeness (QED) is 0.477. The van der Waals surface area contributed by atoms with Crippen molar-refractivity contribution < 1.29 is 4.79 Å². The Morgan fingerprint density at radius 3 is 2.52 bits per heavy atom. The molecule has 1 N–H and O–H groups in total. The monoisotopic (exact) mass is 375 g/mol. The summed E-state index contributed by atoms with van der Waals surface area (Å²) < 4.78 is 0. The molecule has 0 bridgehead atoms. The number of aromatic nitrogens is 2. The first-order valence-corrected chi connectivity index (χ1v) is 9.12. The number of aromatic amines is 1. The number of pyridine rings is 1. The Bertz CT molecular complexity index is 1060. The fraction of sp³-hybridized carbons (Fsp3) is 0.0909. The maximum atomic E-state index is 11.6. The molecule has 0 unspecified atom stereocenters. The Labute approximate surface area is 162 Å². The minimum absolute atomic E-state index is 0.562. The molecule has 2 aromatic heterocycles. The number of carbonyl (C=O) groups is 1. The number of halogens is 1. The average molecular weight is 376 g/mol. The van der Waals surface area contributed by atoms with E-state index in [4.69, 9.17) is 11.6 Å². The first-order valence-electron chi connectivity index (χ1n) is 8.75. The second kappa shape index (κ2) is 7.64. The molecule has 27 heavy (non-hydrogen) atoms. The molecule has 0 saturated heterocycles. The van der Waals surface area contributed by atoms with E-state index in [1.54, 1.807) is 23.2 Å². The minimum Gasteiger partial charge on any atom is -0.353 e. The summed E-state index contributed by atoms with van der Waals surface area (Å²) in [5.74, 6) is 0. The molecule has 4 nitrogen and oxygen atoms in total. The van der Waals surface area contributed by atoms with Crippen molar-refractivity contribution >= 4 is 34.6 Å². The predicted octanol–water partition coefficient (Wildman–Crippen LogP) is 5.09. The number of anilines is 1. The maximum Gasteiger partial charge on any atom is 0.214 e. The van der Waals surface area contributed by atoms with Crippen LogP contribution < -0.4 is 4.90 Å². The SMILES string of the molecule is O=CN(CCc1c(-c2ccccn2)[nH]c2ccccc12)c1ccc(Cl)cc1. The van der Waals surface area contributed by atoms with Gasteiger partial charge in [-0.15, -0.1) is 0 Å². The molecule has 0 spiro atoms. The van der Waals surface area contributed by atoms with Crippen molar-refractivity contribution in [1.82, 2.24) is 9.97 Å². The zero-order valence-electron chi connectivity index (χ0n) is 14.6. The van der Waals surface area contributed by atoms with E-state index in [1.165, 1.54) is 0 Å². The van der Waals surface area contributed by atoms with E-state index in [0.29, 0.717) is 18.0 Å². The molecular formula is C22H18ClN3O. The molecule has 0 radical (unpaired) electrons. The van der Waals surface area contributed by atoms with E-state index >= 15 is 0 Å². The van der Waals surface area contributed by atoms with Crippen molar-refractivity contribution in [1.29, 1.82) is 0 Å². The number of rotatable bonds is 6. The van der Waals surface area contributed by atoms with Crippen molar-refractivity contribution in [3.05, 3.63) is 83.5 Å². The number of amides is 1. The van der Waals surface area contributed by atoms with Gasteiger partial charge in [-0.3, -0.25) is 9.78 Å². The molecule has 4 rings (SSSR count). The summed E-state index contributed by atoms with van der Waals surface area (Å²) in [5, 5.41) is 1.80. The highest BCUT2D eigenvalue weighted by Gasteiger charge is 2.15. The molecule has 0 aliphatic carbocycles. The van der Waals surface area contributed by atoms with Crippen LogP contribution in [0.15, 0.2) is 72.9 Å². The highest BCUT2D eigenvalue weighted by Crippen LogP contribution is 2.30. The lowest BCUT2D eigenvalue weighted by molar-refractivity contribution is -0.107.